The summed E-state index contributed by atoms with van der Waals surface area (Å²) in [4.78, 5) is 13.1. The van der Waals surface area contributed by atoms with Gasteiger partial charge in [-0.15, -0.1) is 0 Å². The van der Waals surface area contributed by atoms with Crippen molar-refractivity contribution in [1.29, 1.82) is 0 Å². The van der Waals surface area contributed by atoms with E-state index in [9.17, 15) is 4.79 Å². The third-order valence-corrected chi connectivity index (χ3v) is 4.50. The summed E-state index contributed by atoms with van der Waals surface area (Å²) >= 11 is 12.4. The van der Waals surface area contributed by atoms with Gasteiger partial charge < -0.3 is 20.7 Å². The smallest absolute Gasteiger partial charge is 0.409 e. The van der Waals surface area contributed by atoms with Crippen LogP contribution >= 0.6 is 23.2 Å². The van der Waals surface area contributed by atoms with Gasteiger partial charge in [-0.1, -0.05) is 35.3 Å². The van der Waals surface area contributed by atoms with Gasteiger partial charge in [-0.25, -0.2) is 4.79 Å². The Morgan fingerprint density at radius 3 is 2.62 bits per heavy atom. The molecule has 0 unspecified atom stereocenters. The fraction of sp³-hybridized carbons (Fsp3) is 0.235. The van der Waals surface area contributed by atoms with Crippen LogP contribution in [0.25, 0.3) is 0 Å². The molecule has 126 valence electrons. The second-order valence-corrected chi connectivity index (χ2v) is 6.34. The van der Waals surface area contributed by atoms with Crippen molar-refractivity contribution in [3.63, 3.8) is 0 Å². The number of nitrogens with one attached hydrogen (secondary N) is 1. The highest BCUT2D eigenvalue weighted by Gasteiger charge is 2.25. The first-order valence-corrected chi connectivity index (χ1v) is 8.30. The van der Waals surface area contributed by atoms with Crippen LogP contribution in [-0.4, -0.2) is 25.7 Å². The number of rotatable bonds is 3. The average molecular weight is 366 g/mol. The topological polar surface area (TPSA) is 67.6 Å². The molecule has 0 radical (unpaired) electrons. The maximum atomic E-state index is 10.9. The number of carbonyl (C=O) groups excluding carboxylic acids is 1. The van der Waals surface area contributed by atoms with Gasteiger partial charge in [0.2, 0.25) is 0 Å². The third-order valence-electron chi connectivity index (χ3n) is 3.95. The van der Waals surface area contributed by atoms with E-state index < -0.39 is 6.09 Å². The minimum absolute atomic E-state index is 0.136. The Balaban J connectivity index is 1.90. The largest absolute Gasteiger partial charge is 0.410 e. The van der Waals surface area contributed by atoms with E-state index in [-0.39, 0.29) is 6.04 Å². The number of carbonyl (C=O) groups is 1. The lowest BCUT2D eigenvalue weighted by Gasteiger charge is -2.38. The predicted octanol–water partition coefficient (Wildman–Crippen LogP) is 3.60. The summed E-state index contributed by atoms with van der Waals surface area (Å²) in [6.07, 6.45) is -0.861. The Kier molecular flexibility index (Phi) is 5.14. The van der Waals surface area contributed by atoms with Crippen LogP contribution in [0.1, 0.15) is 11.6 Å². The first kappa shape index (κ1) is 16.9. The number of nitrogens with zero attached hydrogens (tertiary/aromatic N) is 1. The maximum Gasteiger partial charge on any atom is 0.409 e. The number of primary amides is 1. The van der Waals surface area contributed by atoms with Crippen LogP contribution in [0, 0.1) is 0 Å². The van der Waals surface area contributed by atoms with E-state index in [4.69, 9.17) is 33.7 Å². The van der Waals surface area contributed by atoms with Crippen molar-refractivity contribution in [2.75, 3.05) is 24.5 Å². The quantitative estimate of drug-likeness (QED) is 0.871. The van der Waals surface area contributed by atoms with Gasteiger partial charge in [0.05, 0.1) is 16.8 Å². The van der Waals surface area contributed by atoms with Crippen LogP contribution < -0.4 is 20.7 Å². The van der Waals surface area contributed by atoms with Crippen molar-refractivity contribution in [2.24, 2.45) is 5.73 Å². The van der Waals surface area contributed by atoms with Crippen molar-refractivity contribution in [3.8, 4) is 5.75 Å². The second kappa shape index (κ2) is 7.30. The number of halogens is 2. The van der Waals surface area contributed by atoms with Crippen molar-refractivity contribution < 1.29 is 9.53 Å². The van der Waals surface area contributed by atoms with Crippen molar-refractivity contribution in [2.45, 2.75) is 6.04 Å². The Labute approximate surface area is 150 Å². The summed E-state index contributed by atoms with van der Waals surface area (Å²) in [6.45, 7) is 2.47. The molecule has 1 amide bonds. The van der Waals surface area contributed by atoms with E-state index in [1.165, 1.54) is 0 Å². The lowest BCUT2D eigenvalue weighted by Crippen LogP contribution is -2.46. The van der Waals surface area contributed by atoms with E-state index in [2.05, 4.69) is 10.2 Å². The van der Waals surface area contributed by atoms with Gasteiger partial charge in [-0.2, -0.15) is 0 Å². The van der Waals surface area contributed by atoms with Crippen molar-refractivity contribution >= 4 is 35.0 Å². The molecule has 5 nitrogen and oxygen atoms in total. The Morgan fingerprint density at radius 1 is 1.21 bits per heavy atom. The average Bonchev–Trinajstić information content (AvgIpc) is 2.55. The molecular formula is C17H17Cl2N3O2. The molecule has 1 aliphatic rings. The minimum Gasteiger partial charge on any atom is -0.410 e. The molecule has 7 heteroatoms. The van der Waals surface area contributed by atoms with Crippen LogP contribution in [-0.2, 0) is 0 Å². The Hall–Kier alpha value is -1.95. The zero-order valence-corrected chi connectivity index (χ0v) is 14.3. The van der Waals surface area contributed by atoms with E-state index in [0.717, 1.165) is 30.9 Å². The number of hydrogen-bond donors (Lipinski definition) is 2. The van der Waals surface area contributed by atoms with Crippen LogP contribution in [0.2, 0.25) is 10.0 Å². The molecule has 2 aromatic rings. The van der Waals surface area contributed by atoms with Gasteiger partial charge in [0.15, 0.2) is 0 Å². The van der Waals surface area contributed by atoms with Gasteiger partial charge in [-0.3, -0.25) is 0 Å². The highest BCUT2D eigenvalue weighted by molar-refractivity contribution is 6.33. The molecule has 1 heterocycles. The van der Waals surface area contributed by atoms with Gasteiger partial charge in [0.1, 0.15) is 5.75 Å². The summed E-state index contributed by atoms with van der Waals surface area (Å²) in [7, 11) is 0. The number of amides is 1. The van der Waals surface area contributed by atoms with Gasteiger partial charge >= 0.3 is 6.09 Å². The number of hydrogen-bond acceptors (Lipinski definition) is 4. The van der Waals surface area contributed by atoms with Crippen LogP contribution in [0.5, 0.6) is 5.75 Å². The molecule has 1 fully saturated rings. The predicted molar refractivity (Wildman–Crippen MR) is 96.1 cm³/mol. The number of anilines is 1. The molecule has 3 N–H and O–H groups in total. The third kappa shape index (κ3) is 3.75. The maximum absolute atomic E-state index is 10.9. The molecule has 1 aliphatic heterocycles. The van der Waals surface area contributed by atoms with Crippen molar-refractivity contribution in [1.82, 2.24) is 5.32 Å². The van der Waals surface area contributed by atoms with E-state index in [1.54, 1.807) is 12.1 Å². The number of nitrogens with two attached hydrogens (primary N) is 1. The fourth-order valence-corrected chi connectivity index (χ4v) is 3.28. The second-order valence-electron chi connectivity index (χ2n) is 5.50. The number of benzene rings is 2. The number of ether oxygens (including phenoxy) is 1. The Morgan fingerprint density at radius 2 is 1.96 bits per heavy atom. The van der Waals surface area contributed by atoms with Gasteiger partial charge in [0.25, 0.3) is 0 Å². The molecule has 24 heavy (non-hydrogen) atoms. The molecule has 3 rings (SSSR count). The molecule has 1 atom stereocenters. The first-order chi connectivity index (χ1) is 11.5. The molecule has 0 saturated carbocycles. The van der Waals surface area contributed by atoms with Crippen LogP contribution in [0.3, 0.4) is 0 Å². The molecule has 0 aromatic heterocycles. The minimum atomic E-state index is -0.861. The lowest BCUT2D eigenvalue weighted by molar-refractivity contribution is 0.211. The standard InChI is InChI=1S/C17H17Cl2N3O2/c18-12-3-1-11(2-4-12)16-10-21-7-8-22(16)15-6-5-13(9-14(15)19)24-17(20)23/h1-6,9,16,21H,7-8,10H2,(H2,20,23)/t16-/m0/s1. The number of piperazine rings is 1. The summed E-state index contributed by atoms with van der Waals surface area (Å²) in [5, 5.41) is 4.62. The molecule has 2 aromatic carbocycles. The summed E-state index contributed by atoms with van der Waals surface area (Å²) in [5.41, 5.74) is 7.07. The summed E-state index contributed by atoms with van der Waals surface area (Å²) in [5.74, 6) is 0.328. The van der Waals surface area contributed by atoms with Gasteiger partial charge in [-0.05, 0) is 29.8 Å². The Bertz CT molecular complexity index is 737. The van der Waals surface area contributed by atoms with E-state index >= 15 is 0 Å². The van der Waals surface area contributed by atoms with Gasteiger partial charge in [0, 0.05) is 30.7 Å². The molecule has 0 aliphatic carbocycles. The molecule has 1 saturated heterocycles. The van der Waals surface area contributed by atoms with E-state index in [1.807, 2.05) is 30.3 Å². The highest BCUT2D eigenvalue weighted by atomic mass is 35.5. The molecule has 0 spiro atoms. The SMILES string of the molecule is NC(=O)Oc1ccc(N2CCNC[C@H]2c2ccc(Cl)cc2)c(Cl)c1. The first-order valence-electron chi connectivity index (χ1n) is 7.54. The highest BCUT2D eigenvalue weighted by Crippen LogP contribution is 2.36. The zero-order chi connectivity index (χ0) is 17.1. The monoisotopic (exact) mass is 365 g/mol. The van der Waals surface area contributed by atoms with Crippen LogP contribution in [0.15, 0.2) is 42.5 Å². The van der Waals surface area contributed by atoms with E-state index in [0.29, 0.717) is 15.8 Å². The molecular weight excluding hydrogens is 349 g/mol. The van der Waals surface area contributed by atoms with Crippen LogP contribution in [0.4, 0.5) is 10.5 Å². The van der Waals surface area contributed by atoms with Crippen molar-refractivity contribution in [3.05, 3.63) is 58.1 Å². The summed E-state index contributed by atoms with van der Waals surface area (Å²) < 4.78 is 4.87. The normalized spacial score (nSPS) is 17.6. The summed E-state index contributed by atoms with van der Waals surface area (Å²) in [6, 6.07) is 13.1. The lowest BCUT2D eigenvalue weighted by atomic mass is 10.0. The zero-order valence-electron chi connectivity index (χ0n) is 12.8. The molecule has 0 bridgehead atoms. The fourth-order valence-electron chi connectivity index (χ4n) is 2.88.